The van der Waals surface area contributed by atoms with Crippen LogP contribution in [-0.2, 0) is 21.2 Å². The van der Waals surface area contributed by atoms with Crippen LogP contribution in [0, 0.1) is 10.8 Å². The van der Waals surface area contributed by atoms with Crippen LogP contribution in [0.3, 0.4) is 0 Å². The van der Waals surface area contributed by atoms with E-state index in [0.717, 1.165) is 19.4 Å². The average Bonchev–Trinajstić information content (AvgIpc) is 1.99. The molecule has 9 nitrogen and oxygen atoms in total. The van der Waals surface area contributed by atoms with Crippen LogP contribution in [0.2, 0.25) is 0 Å². The fourth-order valence-electron chi connectivity index (χ4n) is 0.569. The maximum absolute atomic E-state index is 8.82. The second kappa shape index (κ2) is 11.6. The Labute approximate surface area is 108 Å². The minimum atomic E-state index is -5.25. The van der Waals surface area contributed by atoms with Crippen LogP contribution >= 0.6 is 12.4 Å². The molecule has 11 heteroatoms. The van der Waals surface area contributed by atoms with E-state index in [0.29, 0.717) is 0 Å². The molecule has 0 aromatic carbocycles. The first-order chi connectivity index (χ1) is 7.16. The molecule has 0 amide bonds. The molecular formula is C6H18ClCrN5O4. The predicted molar refractivity (Wildman–Crippen MR) is 58.7 cm³/mol. The van der Waals surface area contributed by atoms with Crippen LogP contribution in [-0.4, -0.2) is 26.8 Å². The molecule has 0 bridgehead atoms. The average molecular weight is 312 g/mol. The van der Waals surface area contributed by atoms with Gasteiger partial charge in [0.1, 0.15) is 0 Å². The quantitative estimate of drug-likeness (QED) is 0.196. The summed E-state index contributed by atoms with van der Waals surface area (Å²) in [5.74, 6) is -0.120. The predicted octanol–water partition coefficient (Wildman–Crippen LogP) is -1.14. The fraction of sp³-hybridized carbons (Fsp3) is 0.667. The van der Waals surface area contributed by atoms with Gasteiger partial charge in [-0.25, -0.2) is 0 Å². The van der Waals surface area contributed by atoms with Crippen LogP contribution in [0.25, 0.3) is 0 Å². The molecule has 0 rings (SSSR count). The van der Waals surface area contributed by atoms with E-state index in [-0.39, 0.29) is 24.3 Å². The third kappa shape index (κ3) is 39.5. The number of rotatable bonds is 3. The number of nitrogens with two attached hydrogens (primary N) is 1. The monoisotopic (exact) mass is 311 g/mol. The van der Waals surface area contributed by atoms with Gasteiger partial charge >= 0.3 is 29.5 Å². The topological polar surface area (TPSA) is 172 Å². The second-order valence-electron chi connectivity index (χ2n) is 2.64. The van der Waals surface area contributed by atoms with E-state index in [1.54, 1.807) is 0 Å². The Morgan fingerprint density at radius 2 is 1.76 bits per heavy atom. The zero-order chi connectivity index (χ0) is 13.2. The number of nitrogens with one attached hydrogen (secondary N) is 4. The van der Waals surface area contributed by atoms with E-state index in [4.69, 9.17) is 32.5 Å². The van der Waals surface area contributed by atoms with Gasteiger partial charge < -0.3 is 11.1 Å². The van der Waals surface area contributed by atoms with Crippen molar-refractivity contribution in [2.24, 2.45) is 5.73 Å². The summed E-state index contributed by atoms with van der Waals surface area (Å²) in [6.07, 6.45) is 2.10. The van der Waals surface area contributed by atoms with Crippen molar-refractivity contribution in [1.82, 2.24) is 10.6 Å². The number of guanidine groups is 2. The molecule has 0 aliphatic heterocycles. The van der Waals surface area contributed by atoms with Crippen LogP contribution in [0.15, 0.2) is 0 Å². The Morgan fingerprint density at radius 3 is 2.06 bits per heavy atom. The third-order valence-electron chi connectivity index (χ3n) is 1.09. The first kappa shape index (κ1) is 21.4. The van der Waals surface area contributed by atoms with Crippen LogP contribution in [0.5, 0.6) is 0 Å². The molecule has 17 heavy (non-hydrogen) atoms. The van der Waals surface area contributed by atoms with E-state index in [1.165, 1.54) is 0 Å². The van der Waals surface area contributed by atoms with Crippen molar-refractivity contribution in [3.63, 3.8) is 0 Å². The minimum absolute atomic E-state index is 0. The normalized spacial score (nSPS) is 9.12. The molecule has 0 heterocycles. The van der Waals surface area contributed by atoms with Gasteiger partial charge in [0.05, 0.1) is 0 Å². The molecule has 0 spiro atoms. The van der Waals surface area contributed by atoms with Crippen molar-refractivity contribution in [3.05, 3.63) is 0 Å². The molecule has 0 saturated heterocycles. The Hall–Kier alpha value is -0.918. The Kier molecular flexibility index (Phi) is 14.5. The summed E-state index contributed by atoms with van der Waals surface area (Å²) in [5, 5.41) is 19.0. The van der Waals surface area contributed by atoms with Gasteiger partial charge in [0.2, 0.25) is 0 Å². The molecule has 8 N–H and O–H groups in total. The Bertz CT molecular complexity index is 312. The number of hydrogen-bond acceptors (Lipinski definition) is 4. The summed E-state index contributed by atoms with van der Waals surface area (Å²) in [6.45, 7) is 2.82. The summed E-state index contributed by atoms with van der Waals surface area (Å²) in [7, 11) is 0. The van der Waals surface area contributed by atoms with Gasteiger partial charge in [-0.2, -0.15) is 0 Å². The van der Waals surface area contributed by atoms with Crippen LogP contribution in [0.4, 0.5) is 0 Å². The molecular weight excluding hydrogens is 294 g/mol. The van der Waals surface area contributed by atoms with E-state index in [1.807, 2.05) is 0 Å². The van der Waals surface area contributed by atoms with Gasteiger partial charge in [-0.05, 0) is 6.42 Å². The number of unbranched alkanes of at least 4 members (excludes halogenated alkanes) is 1. The van der Waals surface area contributed by atoms with Crippen LogP contribution < -0.4 is 16.4 Å². The standard InChI is InChI=1S/C6H15N5.ClH.Cr.2H2O.2O/c1-2-3-4-10-6(9)11-5(7)8;;;;;;/h2-4H2,1H3,(H6,7,8,9,10,11);1H;;2*1H2;;/q;;+2;;;;/p-2. The zero-order valence-corrected chi connectivity index (χ0v) is 11.3. The third-order valence-corrected chi connectivity index (χ3v) is 1.09. The van der Waals surface area contributed by atoms with Crippen molar-refractivity contribution in [3.8, 4) is 0 Å². The Morgan fingerprint density at radius 1 is 1.35 bits per heavy atom. The van der Waals surface area contributed by atoms with Crippen molar-refractivity contribution in [1.29, 1.82) is 10.8 Å². The van der Waals surface area contributed by atoms with Gasteiger partial charge in [-0.3, -0.25) is 16.1 Å². The summed E-state index contributed by atoms with van der Waals surface area (Å²) < 4.78 is 31.9. The molecule has 0 saturated carbocycles. The Balaban J connectivity index is -0.000000280. The van der Waals surface area contributed by atoms with Gasteiger partial charge in [-0.15, -0.1) is 12.4 Å². The molecule has 0 aliphatic carbocycles. The molecule has 0 aliphatic rings. The first-order valence-electron chi connectivity index (χ1n) is 4.30. The van der Waals surface area contributed by atoms with Crippen LogP contribution in [0.1, 0.15) is 19.8 Å². The summed E-state index contributed by atoms with van der Waals surface area (Å²) in [4.78, 5) is 0. The molecule has 0 aromatic rings. The van der Waals surface area contributed by atoms with E-state index in [9.17, 15) is 0 Å². The van der Waals surface area contributed by atoms with E-state index < -0.39 is 13.6 Å². The van der Waals surface area contributed by atoms with E-state index in [2.05, 4.69) is 17.6 Å². The van der Waals surface area contributed by atoms with Gasteiger partial charge in [0.25, 0.3) is 0 Å². The fourth-order valence-corrected chi connectivity index (χ4v) is 0.569. The van der Waals surface area contributed by atoms with E-state index >= 15 is 0 Å². The van der Waals surface area contributed by atoms with Gasteiger partial charge in [-0.1, -0.05) is 13.3 Å². The molecule has 104 valence electrons. The van der Waals surface area contributed by atoms with Crippen molar-refractivity contribution >= 4 is 24.3 Å². The molecule has 0 radical (unpaired) electrons. The van der Waals surface area contributed by atoms with Gasteiger partial charge in [0, 0.05) is 6.54 Å². The maximum atomic E-state index is 8.82. The SMILES string of the molecule is CCCCNC(=N)NC(=N)N.Cl.[O]=[Cr](=[O])([OH])[OH]. The second-order valence-corrected chi connectivity index (χ2v) is 4.04. The molecule has 0 atom stereocenters. The van der Waals surface area contributed by atoms with Crippen molar-refractivity contribution in [2.45, 2.75) is 19.8 Å². The summed E-state index contributed by atoms with van der Waals surface area (Å²) in [5.41, 5.74) is 4.99. The van der Waals surface area contributed by atoms with Crippen molar-refractivity contribution < 1.29 is 29.5 Å². The van der Waals surface area contributed by atoms with Gasteiger partial charge in [0.15, 0.2) is 11.9 Å². The summed E-state index contributed by atoms with van der Waals surface area (Å²) >= 11 is -5.25. The molecule has 0 unspecified atom stereocenters. The molecule has 0 fully saturated rings. The zero-order valence-electron chi connectivity index (χ0n) is 9.23. The summed E-state index contributed by atoms with van der Waals surface area (Å²) in [6, 6.07) is 0. The number of hydrogen-bond donors (Lipinski definition) is 7. The first-order valence-corrected chi connectivity index (χ1v) is 6.48. The molecule has 0 aromatic heterocycles. The van der Waals surface area contributed by atoms with Crippen molar-refractivity contribution in [2.75, 3.05) is 6.54 Å². The number of halogens is 1.